The van der Waals surface area contributed by atoms with Gasteiger partial charge in [-0.25, -0.2) is 0 Å². The number of esters is 1. The number of ether oxygens (including phenoxy) is 2. The summed E-state index contributed by atoms with van der Waals surface area (Å²) < 4.78 is 12.1. The third kappa shape index (κ3) is 5.41. The fourth-order valence-electron chi connectivity index (χ4n) is 6.62. The Labute approximate surface area is 231 Å². The Kier molecular flexibility index (Phi) is 9.28. The van der Waals surface area contributed by atoms with Crippen LogP contribution in [0.3, 0.4) is 0 Å². The minimum atomic E-state index is -1.07. The second-order valence-corrected chi connectivity index (χ2v) is 11.0. The van der Waals surface area contributed by atoms with E-state index in [1.165, 1.54) is 0 Å². The van der Waals surface area contributed by atoms with E-state index < -0.39 is 35.6 Å². The van der Waals surface area contributed by atoms with E-state index in [1.807, 2.05) is 32.0 Å². The summed E-state index contributed by atoms with van der Waals surface area (Å²) in [6, 6.07) is 5.13. The fraction of sp³-hybridized carbons (Fsp3) is 0.581. The quantitative estimate of drug-likeness (QED) is 0.220. The third-order valence-corrected chi connectivity index (χ3v) is 8.41. The number of aliphatic hydroxyl groups excluding tert-OH is 1. The number of benzene rings is 1. The zero-order valence-electron chi connectivity index (χ0n) is 23.3. The van der Waals surface area contributed by atoms with Gasteiger partial charge in [-0.1, -0.05) is 37.1 Å². The first-order valence-corrected chi connectivity index (χ1v) is 14.2. The van der Waals surface area contributed by atoms with Gasteiger partial charge in [0, 0.05) is 25.4 Å². The van der Waals surface area contributed by atoms with Crippen LogP contribution in [-0.2, 0) is 23.9 Å². The highest BCUT2D eigenvalue weighted by Crippen LogP contribution is 2.59. The van der Waals surface area contributed by atoms with E-state index in [1.54, 1.807) is 22.0 Å². The Bertz CT molecular complexity index is 1100. The summed E-state index contributed by atoms with van der Waals surface area (Å²) in [5, 5.41) is 9.15. The zero-order valence-corrected chi connectivity index (χ0v) is 23.3. The van der Waals surface area contributed by atoms with Gasteiger partial charge in [0.2, 0.25) is 5.91 Å². The topological polar surface area (TPSA) is 96.4 Å². The Morgan fingerprint density at radius 3 is 2.69 bits per heavy atom. The van der Waals surface area contributed by atoms with E-state index in [0.29, 0.717) is 38.6 Å². The number of nitrogens with zero attached hydrogens (tertiary/aromatic N) is 2. The van der Waals surface area contributed by atoms with Crippen molar-refractivity contribution in [3.63, 3.8) is 0 Å². The van der Waals surface area contributed by atoms with E-state index >= 15 is 0 Å². The van der Waals surface area contributed by atoms with Crippen LogP contribution < -0.4 is 4.90 Å². The maximum absolute atomic E-state index is 14.5. The lowest BCUT2D eigenvalue weighted by Gasteiger charge is -2.37. The van der Waals surface area contributed by atoms with Crippen LogP contribution >= 0.6 is 0 Å². The Hall–Kier alpha value is -2.97. The van der Waals surface area contributed by atoms with Gasteiger partial charge in [0.1, 0.15) is 11.6 Å². The molecule has 2 bridgehead atoms. The fourth-order valence-corrected chi connectivity index (χ4v) is 6.62. The van der Waals surface area contributed by atoms with Gasteiger partial charge in [0.25, 0.3) is 5.91 Å². The minimum Gasteiger partial charge on any atom is -0.465 e. The first-order valence-electron chi connectivity index (χ1n) is 14.2. The molecule has 1 N–H and O–H groups in total. The van der Waals surface area contributed by atoms with Gasteiger partial charge < -0.3 is 24.4 Å². The highest BCUT2D eigenvalue weighted by atomic mass is 16.6. The van der Waals surface area contributed by atoms with E-state index in [-0.39, 0.29) is 31.6 Å². The molecular formula is C31H42N2O6. The monoisotopic (exact) mass is 538 g/mol. The number of anilines is 1. The average molecular weight is 539 g/mol. The van der Waals surface area contributed by atoms with Crippen LogP contribution in [0.2, 0.25) is 0 Å². The summed E-state index contributed by atoms with van der Waals surface area (Å²) in [5.74, 6) is -2.32. The molecule has 5 atom stereocenters. The Morgan fingerprint density at radius 1 is 1.21 bits per heavy atom. The van der Waals surface area contributed by atoms with Crippen LogP contribution in [0.4, 0.5) is 5.69 Å². The summed E-state index contributed by atoms with van der Waals surface area (Å²) in [4.78, 5) is 45.2. The van der Waals surface area contributed by atoms with Crippen LogP contribution in [0.5, 0.6) is 0 Å². The molecule has 3 fully saturated rings. The molecular weight excluding hydrogens is 496 g/mol. The molecule has 0 saturated carbocycles. The number of aliphatic hydroxyl groups is 1. The maximum Gasteiger partial charge on any atom is 0.312 e. The number of likely N-dealkylation sites (tertiary alicyclic amines) is 1. The van der Waals surface area contributed by atoms with Gasteiger partial charge >= 0.3 is 5.97 Å². The van der Waals surface area contributed by atoms with Crippen molar-refractivity contribution >= 4 is 23.5 Å². The molecule has 3 heterocycles. The molecule has 1 spiro atoms. The minimum absolute atomic E-state index is 0.131. The molecule has 8 nitrogen and oxygen atoms in total. The molecule has 0 aromatic heterocycles. The largest absolute Gasteiger partial charge is 0.465 e. The standard InChI is InChI=1S/C31H42N2O6/c1-5-7-19-38-30(37)25-24-14-15-31(39-24)26(25)28(35)33(17-10-8-9-11-18-34)27(31)29(36)32(16-6-2)23-20-21(3)12-13-22(23)4/h5-6,12-13,20,24-27,34H,1-2,7-11,14-19H2,3-4H3/t24-,25+,26-,27?,31?/m0/s1. The summed E-state index contributed by atoms with van der Waals surface area (Å²) in [6.45, 7) is 12.5. The molecule has 8 heteroatoms. The molecule has 3 saturated heterocycles. The Morgan fingerprint density at radius 2 is 1.97 bits per heavy atom. The molecule has 39 heavy (non-hydrogen) atoms. The van der Waals surface area contributed by atoms with Crippen molar-refractivity contribution in [2.24, 2.45) is 11.8 Å². The highest BCUT2D eigenvalue weighted by Gasteiger charge is 2.75. The van der Waals surface area contributed by atoms with Crippen LogP contribution in [0.1, 0.15) is 56.1 Å². The predicted octanol–water partition coefficient (Wildman–Crippen LogP) is 3.87. The number of fused-ring (bicyclic) bond motifs is 1. The summed E-state index contributed by atoms with van der Waals surface area (Å²) in [7, 11) is 0. The highest BCUT2D eigenvalue weighted by molar-refractivity contribution is 6.05. The number of aryl methyl sites for hydroxylation is 2. The molecule has 1 aromatic carbocycles. The van der Waals surface area contributed by atoms with Gasteiger partial charge in [-0.3, -0.25) is 14.4 Å². The van der Waals surface area contributed by atoms with E-state index in [2.05, 4.69) is 13.2 Å². The lowest BCUT2D eigenvalue weighted by Crippen LogP contribution is -2.56. The maximum atomic E-state index is 14.5. The van der Waals surface area contributed by atoms with Crippen molar-refractivity contribution < 1.29 is 29.0 Å². The van der Waals surface area contributed by atoms with Crippen molar-refractivity contribution in [1.82, 2.24) is 4.90 Å². The molecule has 212 valence electrons. The van der Waals surface area contributed by atoms with Gasteiger partial charge in [-0.15, -0.1) is 13.2 Å². The molecule has 0 radical (unpaired) electrons. The third-order valence-electron chi connectivity index (χ3n) is 8.41. The number of hydrogen-bond acceptors (Lipinski definition) is 6. The van der Waals surface area contributed by atoms with Crippen LogP contribution in [0.25, 0.3) is 0 Å². The van der Waals surface area contributed by atoms with Crippen molar-refractivity contribution in [2.75, 3.05) is 31.2 Å². The smallest absolute Gasteiger partial charge is 0.312 e. The zero-order chi connectivity index (χ0) is 28.2. The summed E-state index contributed by atoms with van der Waals surface area (Å²) in [5.41, 5.74) is 1.69. The van der Waals surface area contributed by atoms with Crippen LogP contribution in [0.15, 0.2) is 43.5 Å². The predicted molar refractivity (Wildman–Crippen MR) is 149 cm³/mol. The molecule has 2 unspecified atom stereocenters. The first kappa shape index (κ1) is 29.0. The first-order chi connectivity index (χ1) is 18.8. The van der Waals surface area contributed by atoms with Crippen LogP contribution in [-0.4, -0.2) is 71.8 Å². The number of amides is 2. The molecule has 4 rings (SSSR count). The van der Waals surface area contributed by atoms with Gasteiger partial charge in [-0.05, 0) is 63.1 Å². The van der Waals surface area contributed by atoms with Gasteiger partial charge in [0.15, 0.2) is 0 Å². The van der Waals surface area contributed by atoms with Crippen molar-refractivity contribution in [3.8, 4) is 0 Å². The van der Waals surface area contributed by atoms with Gasteiger partial charge in [-0.2, -0.15) is 0 Å². The lowest BCUT2D eigenvalue weighted by molar-refractivity contribution is -0.155. The van der Waals surface area contributed by atoms with Crippen LogP contribution in [0, 0.1) is 25.7 Å². The van der Waals surface area contributed by atoms with Gasteiger partial charge in [0.05, 0.1) is 24.5 Å². The second kappa shape index (κ2) is 12.5. The van der Waals surface area contributed by atoms with E-state index in [4.69, 9.17) is 14.6 Å². The summed E-state index contributed by atoms with van der Waals surface area (Å²) >= 11 is 0. The normalized spacial score (nSPS) is 26.9. The van der Waals surface area contributed by atoms with E-state index in [9.17, 15) is 14.4 Å². The SMILES string of the molecule is C=CCCOC(=O)[C@@H]1[C@@H]2CCC3(O2)C(C(=O)N(CC=C)c2cc(C)ccc2C)N(CCCCCCO)C(=O)[C@H]13. The van der Waals surface area contributed by atoms with Crippen molar-refractivity contribution in [2.45, 2.75) is 76.5 Å². The molecule has 3 aliphatic rings. The molecule has 3 aliphatic heterocycles. The number of carbonyl (C=O) groups excluding carboxylic acids is 3. The number of rotatable bonds is 14. The lowest BCUT2D eigenvalue weighted by atomic mass is 9.70. The summed E-state index contributed by atoms with van der Waals surface area (Å²) in [6.07, 6.45) is 7.67. The number of carbonyl (C=O) groups is 3. The van der Waals surface area contributed by atoms with E-state index in [0.717, 1.165) is 29.7 Å². The number of hydrogen-bond donors (Lipinski definition) is 1. The Balaban J connectivity index is 1.70. The molecule has 0 aliphatic carbocycles. The molecule has 2 amide bonds. The average Bonchev–Trinajstić information content (AvgIpc) is 3.56. The second-order valence-electron chi connectivity index (χ2n) is 11.0. The number of unbranched alkanes of at least 4 members (excludes halogenated alkanes) is 3. The van der Waals surface area contributed by atoms with Crippen molar-refractivity contribution in [1.29, 1.82) is 0 Å². The van der Waals surface area contributed by atoms with Crippen molar-refractivity contribution in [3.05, 3.63) is 54.6 Å². The molecule has 1 aromatic rings.